The van der Waals surface area contributed by atoms with Crippen LogP contribution < -0.4 is 10.2 Å². The molecule has 0 aliphatic carbocycles. The van der Waals surface area contributed by atoms with E-state index >= 15 is 0 Å². The highest BCUT2D eigenvalue weighted by atomic mass is 15.3. The minimum absolute atomic E-state index is 0.597. The normalized spacial score (nSPS) is 14.4. The highest BCUT2D eigenvalue weighted by molar-refractivity contribution is 5.65. The molecule has 6 nitrogen and oxygen atoms in total. The van der Waals surface area contributed by atoms with E-state index in [0.29, 0.717) is 11.4 Å². The molecule has 4 rings (SSSR count). The minimum atomic E-state index is 0.597. The Balaban J connectivity index is 1.44. The number of aromatic nitrogens is 2. The molecule has 146 valence electrons. The third-order valence-electron chi connectivity index (χ3n) is 5.06. The summed E-state index contributed by atoms with van der Waals surface area (Å²) in [5.41, 5.74) is 3.60. The smallest absolute Gasteiger partial charge is 0.227 e. The number of benzene rings is 2. The Hall–Kier alpha value is -3.43. The molecule has 0 unspecified atom stereocenters. The van der Waals surface area contributed by atoms with E-state index in [1.54, 1.807) is 6.07 Å². The molecule has 1 aliphatic heterocycles. The molecular weight excluding hydrogens is 360 g/mol. The van der Waals surface area contributed by atoms with Crippen molar-refractivity contribution in [2.24, 2.45) is 0 Å². The number of rotatable bonds is 5. The maximum absolute atomic E-state index is 9.30. The van der Waals surface area contributed by atoms with E-state index in [1.165, 1.54) is 5.56 Å². The Kier molecular flexibility index (Phi) is 5.68. The van der Waals surface area contributed by atoms with Gasteiger partial charge >= 0.3 is 0 Å². The van der Waals surface area contributed by atoms with Gasteiger partial charge in [-0.25, -0.2) is 4.98 Å². The van der Waals surface area contributed by atoms with Crippen molar-refractivity contribution in [2.45, 2.75) is 13.5 Å². The van der Waals surface area contributed by atoms with E-state index in [2.05, 4.69) is 56.5 Å². The molecule has 3 aromatic rings. The van der Waals surface area contributed by atoms with Gasteiger partial charge in [0.05, 0.1) is 11.3 Å². The first kappa shape index (κ1) is 18.9. The average molecular weight is 384 g/mol. The number of hydrogen-bond donors (Lipinski definition) is 1. The molecule has 1 aliphatic rings. The summed E-state index contributed by atoms with van der Waals surface area (Å²) in [4.78, 5) is 14.0. The minimum Gasteiger partial charge on any atom is -0.339 e. The lowest BCUT2D eigenvalue weighted by Crippen LogP contribution is -2.46. The number of para-hydroxylation sites is 1. The molecule has 6 heteroatoms. The quantitative estimate of drug-likeness (QED) is 0.723. The Bertz CT molecular complexity index is 1000. The van der Waals surface area contributed by atoms with Crippen molar-refractivity contribution < 1.29 is 0 Å². The number of piperazine rings is 1. The van der Waals surface area contributed by atoms with Gasteiger partial charge in [0.1, 0.15) is 11.9 Å². The van der Waals surface area contributed by atoms with Crippen molar-refractivity contribution in [1.82, 2.24) is 14.9 Å². The van der Waals surface area contributed by atoms with Gasteiger partial charge in [0.2, 0.25) is 5.95 Å². The Labute approximate surface area is 171 Å². The van der Waals surface area contributed by atoms with E-state index < -0.39 is 0 Å². The average Bonchev–Trinajstić information content (AvgIpc) is 2.75. The lowest BCUT2D eigenvalue weighted by molar-refractivity contribution is 0.248. The van der Waals surface area contributed by atoms with Crippen molar-refractivity contribution in [3.05, 3.63) is 77.5 Å². The maximum atomic E-state index is 9.30. The van der Waals surface area contributed by atoms with Crippen LogP contribution in [0.3, 0.4) is 0 Å². The van der Waals surface area contributed by atoms with Crippen LogP contribution in [0, 0.1) is 18.3 Å². The fourth-order valence-electron chi connectivity index (χ4n) is 3.53. The van der Waals surface area contributed by atoms with E-state index in [4.69, 9.17) is 4.98 Å². The van der Waals surface area contributed by atoms with Crippen LogP contribution in [0.1, 0.15) is 16.8 Å². The summed E-state index contributed by atoms with van der Waals surface area (Å²) in [6.07, 6.45) is 0. The number of anilines is 3. The first-order chi connectivity index (χ1) is 14.2. The summed E-state index contributed by atoms with van der Waals surface area (Å²) in [6.45, 7) is 6.69. The van der Waals surface area contributed by atoms with Crippen LogP contribution in [0.4, 0.5) is 17.5 Å². The highest BCUT2D eigenvalue weighted by Gasteiger charge is 2.20. The predicted molar refractivity (Wildman–Crippen MR) is 115 cm³/mol. The first-order valence-electron chi connectivity index (χ1n) is 9.84. The van der Waals surface area contributed by atoms with Crippen LogP contribution in [0.15, 0.2) is 60.7 Å². The highest BCUT2D eigenvalue weighted by Crippen LogP contribution is 2.22. The van der Waals surface area contributed by atoms with E-state index in [0.717, 1.165) is 50.1 Å². The van der Waals surface area contributed by atoms with Gasteiger partial charge < -0.3 is 10.2 Å². The van der Waals surface area contributed by atoms with E-state index in [9.17, 15) is 5.26 Å². The molecule has 2 aromatic carbocycles. The summed E-state index contributed by atoms with van der Waals surface area (Å²) in [6, 6.07) is 22.1. The molecule has 1 N–H and O–H groups in total. The van der Waals surface area contributed by atoms with Crippen LogP contribution in [-0.4, -0.2) is 41.0 Å². The van der Waals surface area contributed by atoms with Crippen LogP contribution in [-0.2, 0) is 6.54 Å². The van der Waals surface area contributed by atoms with Crippen LogP contribution in [0.25, 0.3) is 0 Å². The molecule has 0 amide bonds. The molecule has 0 radical (unpaired) electrons. The lowest BCUT2D eigenvalue weighted by Gasteiger charge is -2.35. The summed E-state index contributed by atoms with van der Waals surface area (Å²) >= 11 is 0. The molecule has 0 atom stereocenters. The third kappa shape index (κ3) is 4.71. The zero-order chi connectivity index (χ0) is 20.1. The van der Waals surface area contributed by atoms with Gasteiger partial charge in [-0.05, 0) is 24.6 Å². The van der Waals surface area contributed by atoms with Gasteiger partial charge in [0.15, 0.2) is 0 Å². The molecule has 1 saturated heterocycles. The summed E-state index contributed by atoms with van der Waals surface area (Å²) in [5, 5.41) is 12.6. The fourth-order valence-corrected chi connectivity index (χ4v) is 3.53. The van der Waals surface area contributed by atoms with Gasteiger partial charge in [-0.3, -0.25) is 4.90 Å². The van der Waals surface area contributed by atoms with Crippen molar-refractivity contribution >= 4 is 17.5 Å². The Morgan fingerprint density at radius 2 is 1.69 bits per heavy atom. The molecule has 0 saturated carbocycles. The third-order valence-corrected chi connectivity index (χ3v) is 5.06. The molecule has 1 fully saturated rings. The van der Waals surface area contributed by atoms with E-state index in [1.807, 2.05) is 31.2 Å². The van der Waals surface area contributed by atoms with Crippen molar-refractivity contribution in [3.63, 3.8) is 0 Å². The zero-order valence-corrected chi connectivity index (χ0v) is 16.5. The molecule has 29 heavy (non-hydrogen) atoms. The van der Waals surface area contributed by atoms with Gasteiger partial charge in [-0.2, -0.15) is 10.2 Å². The van der Waals surface area contributed by atoms with Crippen LogP contribution >= 0.6 is 0 Å². The van der Waals surface area contributed by atoms with Crippen LogP contribution in [0.5, 0.6) is 0 Å². The first-order valence-corrected chi connectivity index (χ1v) is 9.84. The number of aryl methyl sites for hydroxylation is 1. The second-order valence-electron chi connectivity index (χ2n) is 7.23. The SMILES string of the molecule is Cc1cc(Nc2ccccc2C#N)nc(N2CCN(Cc3ccccc3)CC2)n1. The fraction of sp³-hybridized carbons (Fsp3) is 0.261. The molecule has 2 heterocycles. The number of nitrogens with one attached hydrogen (secondary N) is 1. The Morgan fingerprint density at radius 3 is 2.45 bits per heavy atom. The number of hydrogen-bond acceptors (Lipinski definition) is 6. The van der Waals surface area contributed by atoms with Crippen molar-refractivity contribution in [3.8, 4) is 6.07 Å². The predicted octanol–water partition coefficient (Wildman–Crippen LogP) is 3.72. The van der Waals surface area contributed by atoms with Crippen LogP contribution in [0.2, 0.25) is 0 Å². The monoisotopic (exact) mass is 384 g/mol. The van der Waals surface area contributed by atoms with Gasteiger partial charge in [0, 0.05) is 44.5 Å². The van der Waals surface area contributed by atoms with E-state index in [-0.39, 0.29) is 0 Å². The summed E-state index contributed by atoms with van der Waals surface area (Å²) in [5.74, 6) is 1.45. The van der Waals surface area contributed by atoms with Gasteiger partial charge in [-0.15, -0.1) is 0 Å². The Morgan fingerprint density at radius 1 is 0.966 bits per heavy atom. The van der Waals surface area contributed by atoms with Gasteiger partial charge in [0.25, 0.3) is 0 Å². The standard InChI is InChI=1S/C23H24N6/c1-18-15-22(26-21-10-6-5-9-20(21)16-24)27-23(25-18)29-13-11-28(12-14-29)17-19-7-3-2-4-8-19/h2-10,15H,11-14,17H2,1H3,(H,25,26,27). The second kappa shape index (κ2) is 8.72. The van der Waals surface area contributed by atoms with Gasteiger partial charge in [-0.1, -0.05) is 42.5 Å². The lowest BCUT2D eigenvalue weighted by atomic mass is 10.2. The van der Waals surface area contributed by atoms with Crippen molar-refractivity contribution in [1.29, 1.82) is 5.26 Å². The summed E-state index contributed by atoms with van der Waals surface area (Å²) in [7, 11) is 0. The number of nitrogens with zero attached hydrogens (tertiary/aromatic N) is 5. The maximum Gasteiger partial charge on any atom is 0.227 e. The molecular formula is C23H24N6. The molecule has 0 bridgehead atoms. The second-order valence-corrected chi connectivity index (χ2v) is 7.23. The van der Waals surface area contributed by atoms with Crippen molar-refractivity contribution in [2.75, 3.05) is 36.4 Å². The molecule has 0 spiro atoms. The topological polar surface area (TPSA) is 68.1 Å². The summed E-state index contributed by atoms with van der Waals surface area (Å²) < 4.78 is 0. The zero-order valence-electron chi connectivity index (χ0n) is 16.5. The molecule has 1 aromatic heterocycles. The largest absolute Gasteiger partial charge is 0.339 e. The number of nitriles is 1.